The van der Waals surface area contributed by atoms with Crippen molar-refractivity contribution in [1.82, 2.24) is 14.9 Å². The van der Waals surface area contributed by atoms with Gasteiger partial charge in [-0.2, -0.15) is 0 Å². The van der Waals surface area contributed by atoms with Crippen LogP contribution in [0.25, 0.3) is 0 Å². The minimum Gasteiger partial charge on any atom is -0.361 e. The van der Waals surface area contributed by atoms with E-state index in [1.54, 1.807) is 17.2 Å². The summed E-state index contributed by atoms with van der Waals surface area (Å²) in [6.45, 7) is 0. The molecule has 11 heavy (non-hydrogen) atoms. The van der Waals surface area contributed by atoms with Crippen LogP contribution in [0.2, 0.25) is 0 Å². The van der Waals surface area contributed by atoms with Crippen LogP contribution in [-0.4, -0.2) is 34.8 Å². The van der Waals surface area contributed by atoms with Crippen LogP contribution in [0.3, 0.4) is 0 Å². The molecule has 0 fully saturated rings. The fraction of sp³-hybridized carbons (Fsp3) is 0.286. The average Bonchev–Trinajstić information content (AvgIpc) is 2.05. The minimum atomic E-state index is 0.396. The van der Waals surface area contributed by atoms with Crippen LogP contribution < -0.4 is 0 Å². The third kappa shape index (κ3) is 1.73. The molecule has 4 heteroatoms. The van der Waals surface area contributed by atoms with Gasteiger partial charge in [-0.05, 0) is 6.07 Å². The highest BCUT2D eigenvalue weighted by Gasteiger charge is 2.02. The Balaban J connectivity index is 2.86. The Bertz CT molecular complexity index is 242. The summed E-state index contributed by atoms with van der Waals surface area (Å²) in [6.07, 6.45) is 3.06. The number of nitrogens with one attached hydrogen (secondary N) is 1. The maximum atomic E-state index is 7.52. The summed E-state index contributed by atoms with van der Waals surface area (Å²) >= 11 is 0. The summed E-state index contributed by atoms with van der Waals surface area (Å²) in [7, 11) is 3.62. The van der Waals surface area contributed by atoms with E-state index in [-0.39, 0.29) is 0 Å². The second kappa shape index (κ2) is 3.09. The van der Waals surface area contributed by atoms with E-state index < -0.39 is 0 Å². The molecule has 0 spiro atoms. The molecule has 1 aromatic rings. The lowest BCUT2D eigenvalue weighted by Gasteiger charge is -2.11. The number of amidine groups is 1. The molecule has 0 aliphatic rings. The second-order valence-corrected chi connectivity index (χ2v) is 2.34. The molecule has 0 aromatic carbocycles. The number of aromatic nitrogens is 2. The topological polar surface area (TPSA) is 52.9 Å². The largest absolute Gasteiger partial charge is 0.361 e. The summed E-state index contributed by atoms with van der Waals surface area (Å²) in [5.41, 5.74) is 0.644. The summed E-state index contributed by atoms with van der Waals surface area (Å²) in [5, 5.41) is 7.52. The van der Waals surface area contributed by atoms with Gasteiger partial charge in [-0.15, -0.1) is 0 Å². The van der Waals surface area contributed by atoms with Gasteiger partial charge in [0, 0.05) is 20.3 Å². The van der Waals surface area contributed by atoms with E-state index >= 15 is 0 Å². The van der Waals surface area contributed by atoms with Gasteiger partial charge in [0.1, 0.15) is 17.9 Å². The maximum Gasteiger partial charge on any atom is 0.146 e. The first-order chi connectivity index (χ1) is 5.22. The smallest absolute Gasteiger partial charge is 0.146 e. The van der Waals surface area contributed by atoms with Crippen LogP contribution in [0.4, 0.5) is 0 Å². The van der Waals surface area contributed by atoms with E-state index in [0.29, 0.717) is 11.5 Å². The van der Waals surface area contributed by atoms with Crippen molar-refractivity contribution in [2.75, 3.05) is 14.1 Å². The zero-order chi connectivity index (χ0) is 8.27. The van der Waals surface area contributed by atoms with Crippen molar-refractivity contribution in [3.8, 4) is 0 Å². The predicted molar refractivity (Wildman–Crippen MR) is 42.5 cm³/mol. The molecule has 58 valence electrons. The van der Waals surface area contributed by atoms with Gasteiger partial charge in [0.2, 0.25) is 0 Å². The highest BCUT2D eigenvalue weighted by Crippen LogP contribution is 1.94. The lowest BCUT2D eigenvalue weighted by molar-refractivity contribution is 0.616. The van der Waals surface area contributed by atoms with Gasteiger partial charge in [0.15, 0.2) is 0 Å². The highest BCUT2D eigenvalue weighted by molar-refractivity contribution is 5.93. The molecule has 0 radical (unpaired) electrons. The quantitative estimate of drug-likeness (QED) is 0.464. The van der Waals surface area contributed by atoms with Crippen LogP contribution in [0.15, 0.2) is 18.6 Å². The van der Waals surface area contributed by atoms with Crippen molar-refractivity contribution in [3.63, 3.8) is 0 Å². The number of hydrogen-bond acceptors (Lipinski definition) is 3. The predicted octanol–water partition coefficient (Wildman–Crippen LogP) is 0.364. The Kier molecular flexibility index (Phi) is 2.15. The number of nitrogens with zero attached hydrogens (tertiary/aromatic N) is 3. The molecule has 0 amide bonds. The monoisotopic (exact) mass is 150 g/mol. The standard InChI is InChI=1S/C7H10N4/c1-11(2)7(8)6-3-4-9-5-10-6/h3-5,8H,1-2H3. The molecule has 0 aliphatic carbocycles. The van der Waals surface area contributed by atoms with Gasteiger partial charge in [-0.25, -0.2) is 9.97 Å². The van der Waals surface area contributed by atoms with E-state index in [4.69, 9.17) is 5.41 Å². The van der Waals surface area contributed by atoms with Crippen molar-refractivity contribution in [2.24, 2.45) is 0 Å². The Morgan fingerprint density at radius 2 is 2.27 bits per heavy atom. The fourth-order valence-electron chi connectivity index (χ4n) is 0.660. The Hall–Kier alpha value is -1.45. The SMILES string of the molecule is CN(C)C(=N)c1ccncn1. The van der Waals surface area contributed by atoms with Crippen LogP contribution in [-0.2, 0) is 0 Å². The summed E-state index contributed by atoms with van der Waals surface area (Å²) in [4.78, 5) is 9.38. The summed E-state index contributed by atoms with van der Waals surface area (Å²) < 4.78 is 0. The molecular weight excluding hydrogens is 140 g/mol. The highest BCUT2D eigenvalue weighted by atomic mass is 15.1. The molecule has 1 rings (SSSR count). The third-order valence-electron chi connectivity index (χ3n) is 1.27. The molecule has 0 aliphatic heterocycles. The van der Waals surface area contributed by atoms with E-state index in [2.05, 4.69) is 9.97 Å². The Morgan fingerprint density at radius 3 is 2.73 bits per heavy atom. The van der Waals surface area contributed by atoms with Gasteiger partial charge in [-0.1, -0.05) is 0 Å². The first kappa shape index (κ1) is 7.65. The van der Waals surface area contributed by atoms with Crippen LogP contribution in [0.1, 0.15) is 5.69 Å². The van der Waals surface area contributed by atoms with Crippen LogP contribution >= 0.6 is 0 Å². The van der Waals surface area contributed by atoms with Crippen molar-refractivity contribution in [2.45, 2.75) is 0 Å². The fourth-order valence-corrected chi connectivity index (χ4v) is 0.660. The first-order valence-corrected chi connectivity index (χ1v) is 3.24. The van der Waals surface area contributed by atoms with E-state index in [0.717, 1.165) is 0 Å². The normalized spacial score (nSPS) is 9.27. The van der Waals surface area contributed by atoms with Crippen molar-refractivity contribution >= 4 is 5.84 Å². The van der Waals surface area contributed by atoms with Crippen LogP contribution in [0.5, 0.6) is 0 Å². The lowest BCUT2D eigenvalue weighted by Crippen LogP contribution is -2.22. The molecule has 0 saturated carbocycles. The Labute approximate surface area is 65.4 Å². The molecule has 4 nitrogen and oxygen atoms in total. The van der Waals surface area contributed by atoms with Crippen molar-refractivity contribution in [1.29, 1.82) is 5.41 Å². The van der Waals surface area contributed by atoms with Crippen molar-refractivity contribution < 1.29 is 0 Å². The molecule has 0 saturated heterocycles. The van der Waals surface area contributed by atoms with Gasteiger partial charge in [0.05, 0.1) is 0 Å². The molecule has 1 aromatic heterocycles. The van der Waals surface area contributed by atoms with Crippen LogP contribution in [0, 0.1) is 5.41 Å². The number of rotatable bonds is 1. The maximum absolute atomic E-state index is 7.52. The Morgan fingerprint density at radius 1 is 1.55 bits per heavy atom. The van der Waals surface area contributed by atoms with Gasteiger partial charge in [-0.3, -0.25) is 5.41 Å². The number of hydrogen-bond donors (Lipinski definition) is 1. The molecule has 0 atom stereocenters. The summed E-state index contributed by atoms with van der Waals surface area (Å²) in [6, 6.07) is 1.71. The zero-order valence-electron chi connectivity index (χ0n) is 6.57. The zero-order valence-corrected chi connectivity index (χ0v) is 6.57. The molecule has 1 heterocycles. The molecule has 1 N–H and O–H groups in total. The van der Waals surface area contributed by atoms with E-state index in [1.807, 2.05) is 14.1 Å². The molecular formula is C7H10N4. The van der Waals surface area contributed by atoms with Gasteiger partial charge in [0.25, 0.3) is 0 Å². The van der Waals surface area contributed by atoms with E-state index in [9.17, 15) is 0 Å². The molecule has 0 unspecified atom stereocenters. The van der Waals surface area contributed by atoms with Crippen molar-refractivity contribution in [3.05, 3.63) is 24.3 Å². The van der Waals surface area contributed by atoms with E-state index in [1.165, 1.54) is 6.33 Å². The average molecular weight is 150 g/mol. The minimum absolute atomic E-state index is 0.396. The third-order valence-corrected chi connectivity index (χ3v) is 1.27. The van der Waals surface area contributed by atoms with Gasteiger partial charge >= 0.3 is 0 Å². The molecule has 0 bridgehead atoms. The lowest BCUT2D eigenvalue weighted by atomic mass is 10.3. The summed E-state index contributed by atoms with van der Waals surface area (Å²) in [5.74, 6) is 0.396. The van der Waals surface area contributed by atoms with Gasteiger partial charge < -0.3 is 4.90 Å². The first-order valence-electron chi connectivity index (χ1n) is 3.24. The second-order valence-electron chi connectivity index (χ2n) is 2.34.